The van der Waals surface area contributed by atoms with Crippen LogP contribution < -0.4 is 5.32 Å². The zero-order chi connectivity index (χ0) is 16.5. The topological polar surface area (TPSA) is 80.1 Å². The first-order chi connectivity index (χ1) is 11.7. The molecule has 1 aliphatic heterocycles. The van der Waals surface area contributed by atoms with E-state index in [1.54, 1.807) is 17.1 Å². The number of nitrogens with zero attached hydrogens (tertiary/aromatic N) is 4. The lowest BCUT2D eigenvalue weighted by Gasteiger charge is -2.15. The van der Waals surface area contributed by atoms with Crippen molar-refractivity contribution in [2.45, 2.75) is 31.8 Å². The van der Waals surface area contributed by atoms with Crippen LogP contribution in [0.25, 0.3) is 5.82 Å². The minimum absolute atomic E-state index is 0.0519. The molecule has 2 aliphatic rings. The average molecular weight is 325 g/mol. The van der Waals surface area contributed by atoms with E-state index in [1.807, 2.05) is 29.3 Å². The van der Waals surface area contributed by atoms with Crippen LogP contribution in [-0.2, 0) is 16.1 Å². The summed E-state index contributed by atoms with van der Waals surface area (Å²) in [5.74, 6) is 0.541. The van der Waals surface area contributed by atoms with Crippen molar-refractivity contribution in [3.05, 3.63) is 42.4 Å². The molecular weight excluding hydrogens is 306 g/mol. The zero-order valence-corrected chi connectivity index (χ0v) is 13.3. The third-order valence-corrected chi connectivity index (χ3v) is 4.53. The van der Waals surface area contributed by atoms with Crippen molar-refractivity contribution in [1.29, 1.82) is 0 Å². The van der Waals surface area contributed by atoms with E-state index in [-0.39, 0.29) is 17.7 Å². The normalized spacial score (nSPS) is 20.4. The quantitative estimate of drug-likeness (QED) is 0.885. The highest BCUT2D eigenvalue weighted by Crippen LogP contribution is 2.32. The molecule has 1 atom stereocenters. The second kappa shape index (κ2) is 6.07. The first-order valence-electron chi connectivity index (χ1n) is 8.23. The molecule has 0 bridgehead atoms. The van der Waals surface area contributed by atoms with E-state index < -0.39 is 0 Å². The van der Waals surface area contributed by atoms with E-state index in [2.05, 4.69) is 15.4 Å². The third kappa shape index (κ3) is 3.02. The standard InChI is InChI=1S/C17H19N5O2/c23-16-9-13(11-21(16)14-2-3-14)17(24)19-10-12-4-6-18-15(8-12)22-7-1-5-20-22/h1,4-8,13-14H,2-3,9-11H2,(H,19,24)/t13-/m0/s1. The molecule has 3 heterocycles. The molecule has 2 aromatic heterocycles. The maximum Gasteiger partial charge on any atom is 0.225 e. The molecular formula is C17H19N5O2. The summed E-state index contributed by atoms with van der Waals surface area (Å²) in [6, 6.07) is 5.97. The van der Waals surface area contributed by atoms with Gasteiger partial charge in [-0.05, 0) is 36.6 Å². The van der Waals surface area contributed by atoms with E-state index >= 15 is 0 Å². The number of amides is 2. The Labute approximate surface area is 139 Å². The molecule has 124 valence electrons. The van der Waals surface area contributed by atoms with Crippen LogP contribution in [-0.4, -0.2) is 44.1 Å². The SMILES string of the molecule is O=C(NCc1ccnc(-n2cccn2)c1)[C@H]1CC(=O)N(C2CC2)C1. The molecule has 0 aromatic carbocycles. The minimum atomic E-state index is -0.231. The van der Waals surface area contributed by atoms with Crippen molar-refractivity contribution in [3.63, 3.8) is 0 Å². The molecule has 1 saturated carbocycles. The Kier molecular flexibility index (Phi) is 3.76. The van der Waals surface area contributed by atoms with Crippen LogP contribution in [0.1, 0.15) is 24.8 Å². The van der Waals surface area contributed by atoms with Gasteiger partial charge in [-0.25, -0.2) is 9.67 Å². The predicted molar refractivity (Wildman–Crippen MR) is 86.0 cm³/mol. The summed E-state index contributed by atoms with van der Waals surface area (Å²) < 4.78 is 1.68. The zero-order valence-electron chi connectivity index (χ0n) is 13.3. The number of hydrogen-bond acceptors (Lipinski definition) is 4. The van der Waals surface area contributed by atoms with Crippen LogP contribution in [0.4, 0.5) is 0 Å². The number of hydrogen-bond donors (Lipinski definition) is 1. The molecule has 0 radical (unpaired) electrons. The van der Waals surface area contributed by atoms with Gasteiger partial charge in [0.25, 0.3) is 0 Å². The van der Waals surface area contributed by atoms with E-state index in [0.29, 0.717) is 31.4 Å². The van der Waals surface area contributed by atoms with Crippen LogP contribution in [0.5, 0.6) is 0 Å². The number of carbonyl (C=O) groups excluding carboxylic acids is 2. The molecule has 4 rings (SSSR count). The van der Waals surface area contributed by atoms with Gasteiger partial charge in [0.15, 0.2) is 5.82 Å². The van der Waals surface area contributed by atoms with Crippen molar-refractivity contribution in [1.82, 2.24) is 25.0 Å². The summed E-state index contributed by atoms with van der Waals surface area (Å²) in [4.78, 5) is 30.4. The maximum absolute atomic E-state index is 12.3. The summed E-state index contributed by atoms with van der Waals surface area (Å²) in [5, 5.41) is 7.09. The van der Waals surface area contributed by atoms with E-state index in [0.717, 1.165) is 18.4 Å². The number of nitrogens with one attached hydrogen (secondary N) is 1. The molecule has 2 fully saturated rings. The monoisotopic (exact) mass is 325 g/mol. The predicted octanol–water partition coefficient (Wildman–Crippen LogP) is 0.894. The molecule has 0 spiro atoms. The Morgan fingerprint density at radius 2 is 2.21 bits per heavy atom. The van der Waals surface area contributed by atoms with Crippen LogP contribution in [0.15, 0.2) is 36.8 Å². The highest BCUT2D eigenvalue weighted by Gasteiger charge is 2.41. The molecule has 24 heavy (non-hydrogen) atoms. The lowest BCUT2D eigenvalue weighted by atomic mass is 10.1. The highest BCUT2D eigenvalue weighted by molar-refractivity contribution is 5.89. The minimum Gasteiger partial charge on any atom is -0.352 e. The Morgan fingerprint density at radius 3 is 2.96 bits per heavy atom. The van der Waals surface area contributed by atoms with Gasteiger partial charge >= 0.3 is 0 Å². The second-order valence-electron chi connectivity index (χ2n) is 6.37. The Balaban J connectivity index is 1.36. The fraction of sp³-hybridized carbons (Fsp3) is 0.412. The van der Waals surface area contributed by atoms with Crippen LogP contribution >= 0.6 is 0 Å². The summed E-state index contributed by atoms with van der Waals surface area (Å²) in [6.45, 7) is 0.980. The van der Waals surface area contributed by atoms with E-state index in [1.165, 1.54) is 0 Å². The lowest BCUT2D eigenvalue weighted by Crippen LogP contribution is -2.33. The largest absolute Gasteiger partial charge is 0.352 e. The summed E-state index contributed by atoms with van der Waals surface area (Å²) in [6.07, 6.45) is 7.70. The molecule has 7 heteroatoms. The molecule has 2 aromatic rings. The van der Waals surface area contributed by atoms with Crippen molar-refractivity contribution in [3.8, 4) is 5.82 Å². The van der Waals surface area contributed by atoms with Gasteiger partial charge in [0, 0.05) is 44.1 Å². The third-order valence-electron chi connectivity index (χ3n) is 4.53. The lowest BCUT2D eigenvalue weighted by molar-refractivity contribution is -0.129. The summed E-state index contributed by atoms with van der Waals surface area (Å²) in [5.41, 5.74) is 0.951. The van der Waals surface area contributed by atoms with Gasteiger partial charge in [-0.2, -0.15) is 5.10 Å². The molecule has 0 unspecified atom stereocenters. The molecule has 1 saturated heterocycles. The Morgan fingerprint density at radius 1 is 1.33 bits per heavy atom. The van der Waals surface area contributed by atoms with Crippen LogP contribution in [0.2, 0.25) is 0 Å². The molecule has 1 aliphatic carbocycles. The number of aromatic nitrogens is 3. The van der Waals surface area contributed by atoms with Gasteiger partial charge in [-0.15, -0.1) is 0 Å². The maximum atomic E-state index is 12.3. The second-order valence-corrected chi connectivity index (χ2v) is 6.37. The van der Waals surface area contributed by atoms with Crippen LogP contribution in [0, 0.1) is 5.92 Å². The number of rotatable bonds is 5. The smallest absolute Gasteiger partial charge is 0.225 e. The molecule has 1 N–H and O–H groups in total. The average Bonchev–Trinajstić information content (AvgIpc) is 3.13. The van der Waals surface area contributed by atoms with Crippen molar-refractivity contribution in [2.24, 2.45) is 5.92 Å². The summed E-state index contributed by atoms with van der Waals surface area (Å²) in [7, 11) is 0. The molecule has 7 nitrogen and oxygen atoms in total. The fourth-order valence-corrected chi connectivity index (χ4v) is 3.08. The van der Waals surface area contributed by atoms with Crippen molar-refractivity contribution in [2.75, 3.05) is 6.54 Å². The van der Waals surface area contributed by atoms with Crippen molar-refractivity contribution < 1.29 is 9.59 Å². The van der Waals surface area contributed by atoms with Gasteiger partial charge < -0.3 is 10.2 Å². The number of pyridine rings is 1. The van der Waals surface area contributed by atoms with E-state index in [4.69, 9.17) is 0 Å². The Bertz CT molecular complexity index is 754. The van der Waals surface area contributed by atoms with Crippen LogP contribution in [0.3, 0.4) is 0 Å². The molecule has 2 amide bonds. The number of likely N-dealkylation sites (tertiary alicyclic amines) is 1. The van der Waals surface area contributed by atoms with Gasteiger partial charge in [0.05, 0.1) is 5.92 Å². The van der Waals surface area contributed by atoms with Gasteiger partial charge in [-0.1, -0.05) is 0 Å². The number of carbonyl (C=O) groups is 2. The first-order valence-corrected chi connectivity index (χ1v) is 8.23. The summed E-state index contributed by atoms with van der Waals surface area (Å²) >= 11 is 0. The fourth-order valence-electron chi connectivity index (χ4n) is 3.08. The highest BCUT2D eigenvalue weighted by atomic mass is 16.2. The van der Waals surface area contributed by atoms with Gasteiger partial charge in [-0.3, -0.25) is 9.59 Å². The first kappa shape index (κ1) is 14.9. The van der Waals surface area contributed by atoms with Gasteiger partial charge in [0.1, 0.15) is 0 Å². The van der Waals surface area contributed by atoms with E-state index in [9.17, 15) is 9.59 Å². The van der Waals surface area contributed by atoms with Crippen molar-refractivity contribution >= 4 is 11.8 Å². The van der Waals surface area contributed by atoms with Gasteiger partial charge in [0.2, 0.25) is 11.8 Å². The Hall–Kier alpha value is -2.70.